The monoisotopic (exact) mass is 169 g/mol. The van der Waals surface area contributed by atoms with Crippen LogP contribution in [0.1, 0.15) is 31.5 Å². The Morgan fingerprint density at radius 2 is 2.25 bits per heavy atom. The minimum Gasteiger partial charge on any atom is -0.420 e. The molecule has 0 spiro atoms. The van der Waals surface area contributed by atoms with E-state index in [1.807, 2.05) is 20.8 Å². The fraction of sp³-hybridized carbons (Fsp3) is 0.571. The average Bonchev–Trinajstić information content (AvgIpc) is 2.32. The second-order valence-electron chi connectivity index (χ2n) is 3.45. The average molecular weight is 169 g/mol. The first-order valence-electron chi connectivity index (χ1n) is 3.58. The van der Waals surface area contributed by atoms with Gasteiger partial charge < -0.3 is 9.73 Å². The lowest BCUT2D eigenvalue weighted by molar-refractivity contribution is 0.0884. The van der Waals surface area contributed by atoms with Gasteiger partial charge in [-0.3, -0.25) is 4.79 Å². The highest BCUT2D eigenvalue weighted by Crippen LogP contribution is 2.01. The highest BCUT2D eigenvalue weighted by Gasteiger charge is 2.18. The molecule has 0 bridgehead atoms. The molecule has 12 heavy (non-hydrogen) atoms. The molecule has 0 aliphatic carbocycles. The summed E-state index contributed by atoms with van der Waals surface area (Å²) < 4.78 is 4.71. The predicted molar refractivity (Wildman–Crippen MR) is 41.5 cm³/mol. The number of carbonyl (C=O) groups excluding carboxylic acids is 1. The molecule has 1 heterocycles. The first-order chi connectivity index (χ1) is 5.49. The van der Waals surface area contributed by atoms with Crippen LogP contribution >= 0.6 is 0 Å². The van der Waals surface area contributed by atoms with Crippen molar-refractivity contribution in [1.29, 1.82) is 0 Å². The molecule has 0 aliphatic rings. The van der Waals surface area contributed by atoms with Gasteiger partial charge in [-0.05, 0) is 20.8 Å². The number of aromatic nitrogens is 2. The van der Waals surface area contributed by atoms with Crippen molar-refractivity contribution in [2.75, 3.05) is 0 Å². The van der Waals surface area contributed by atoms with Gasteiger partial charge >= 0.3 is 11.8 Å². The van der Waals surface area contributed by atoms with Crippen molar-refractivity contribution in [3.8, 4) is 0 Å². The van der Waals surface area contributed by atoms with Crippen LogP contribution < -0.4 is 5.32 Å². The van der Waals surface area contributed by atoms with Crippen LogP contribution in [-0.4, -0.2) is 21.6 Å². The van der Waals surface area contributed by atoms with Crippen molar-refractivity contribution >= 4 is 5.91 Å². The zero-order chi connectivity index (χ0) is 9.19. The highest BCUT2D eigenvalue weighted by molar-refractivity contribution is 5.89. The van der Waals surface area contributed by atoms with Gasteiger partial charge in [-0.2, -0.15) is 0 Å². The summed E-state index contributed by atoms with van der Waals surface area (Å²) in [6, 6.07) is 0. The van der Waals surface area contributed by atoms with Gasteiger partial charge in [-0.25, -0.2) is 0 Å². The summed E-state index contributed by atoms with van der Waals surface area (Å²) in [7, 11) is 0. The molecular weight excluding hydrogens is 158 g/mol. The Bertz CT molecular complexity index is 261. The van der Waals surface area contributed by atoms with E-state index in [1.165, 1.54) is 0 Å². The third-order valence-electron chi connectivity index (χ3n) is 1.04. The summed E-state index contributed by atoms with van der Waals surface area (Å²) >= 11 is 0. The Kier molecular flexibility index (Phi) is 2.12. The first kappa shape index (κ1) is 8.70. The number of hydrogen-bond donors (Lipinski definition) is 1. The van der Waals surface area contributed by atoms with Gasteiger partial charge in [0.2, 0.25) is 6.39 Å². The molecule has 5 nitrogen and oxygen atoms in total. The molecule has 1 N–H and O–H groups in total. The highest BCUT2D eigenvalue weighted by atomic mass is 16.4. The molecule has 0 unspecified atom stereocenters. The van der Waals surface area contributed by atoms with Gasteiger partial charge in [0.25, 0.3) is 0 Å². The maximum atomic E-state index is 11.2. The van der Waals surface area contributed by atoms with Crippen molar-refractivity contribution in [3.63, 3.8) is 0 Å². The molecule has 0 radical (unpaired) electrons. The van der Waals surface area contributed by atoms with E-state index < -0.39 is 0 Å². The zero-order valence-corrected chi connectivity index (χ0v) is 7.29. The molecule has 1 rings (SSSR count). The summed E-state index contributed by atoms with van der Waals surface area (Å²) in [6.07, 6.45) is 1.12. The zero-order valence-electron chi connectivity index (χ0n) is 7.29. The number of carbonyl (C=O) groups is 1. The fourth-order valence-electron chi connectivity index (χ4n) is 0.666. The van der Waals surface area contributed by atoms with Gasteiger partial charge in [-0.1, -0.05) is 0 Å². The van der Waals surface area contributed by atoms with Crippen LogP contribution in [0.3, 0.4) is 0 Å². The number of hydrogen-bond acceptors (Lipinski definition) is 4. The summed E-state index contributed by atoms with van der Waals surface area (Å²) in [4.78, 5) is 11.2. The van der Waals surface area contributed by atoms with Crippen molar-refractivity contribution < 1.29 is 9.21 Å². The van der Waals surface area contributed by atoms with Crippen molar-refractivity contribution in [1.82, 2.24) is 15.5 Å². The maximum Gasteiger partial charge on any atom is 0.309 e. The summed E-state index contributed by atoms with van der Waals surface area (Å²) in [5.41, 5.74) is -0.286. The van der Waals surface area contributed by atoms with Gasteiger partial charge in [0.15, 0.2) is 0 Å². The van der Waals surface area contributed by atoms with Gasteiger partial charge in [-0.15, -0.1) is 10.2 Å². The van der Waals surface area contributed by atoms with Crippen LogP contribution in [0.4, 0.5) is 0 Å². The molecule has 5 heteroatoms. The molecule has 66 valence electrons. The predicted octanol–water partition coefficient (Wildman–Crippen LogP) is 0.598. The first-order valence-corrected chi connectivity index (χ1v) is 3.58. The summed E-state index contributed by atoms with van der Waals surface area (Å²) in [5.74, 6) is -0.357. The molecular formula is C7H11N3O2. The largest absolute Gasteiger partial charge is 0.420 e. The Morgan fingerprint density at radius 3 is 2.67 bits per heavy atom. The van der Waals surface area contributed by atoms with Crippen molar-refractivity contribution in [2.24, 2.45) is 0 Å². The van der Waals surface area contributed by atoms with Crippen LogP contribution in [0.5, 0.6) is 0 Å². The standard InChI is InChI=1S/C7H11N3O2/c1-7(2,3)9-5(11)6-10-8-4-12-6/h4H,1-3H3,(H,9,11). The molecule has 0 aliphatic heterocycles. The molecule has 1 aromatic heterocycles. The van der Waals surface area contributed by atoms with E-state index in [2.05, 4.69) is 15.5 Å². The normalized spacial score (nSPS) is 11.2. The van der Waals surface area contributed by atoms with E-state index in [1.54, 1.807) is 0 Å². The van der Waals surface area contributed by atoms with E-state index in [0.717, 1.165) is 6.39 Å². The van der Waals surface area contributed by atoms with E-state index in [0.29, 0.717) is 0 Å². The Hall–Kier alpha value is -1.39. The molecule has 0 fully saturated rings. The SMILES string of the molecule is CC(C)(C)NC(=O)c1nnco1. The van der Waals surface area contributed by atoms with Gasteiger partial charge in [0.1, 0.15) is 0 Å². The molecule has 0 aromatic carbocycles. The van der Waals surface area contributed by atoms with Crippen LogP contribution in [-0.2, 0) is 0 Å². The lowest BCUT2D eigenvalue weighted by Crippen LogP contribution is -2.40. The minimum atomic E-state index is -0.347. The molecule has 1 amide bonds. The minimum absolute atomic E-state index is 0.00933. The second-order valence-corrected chi connectivity index (χ2v) is 3.45. The topological polar surface area (TPSA) is 68.0 Å². The van der Waals surface area contributed by atoms with Crippen LogP contribution in [0.25, 0.3) is 0 Å². The van der Waals surface area contributed by atoms with E-state index in [4.69, 9.17) is 4.42 Å². The Morgan fingerprint density at radius 1 is 1.58 bits per heavy atom. The molecule has 0 saturated carbocycles. The van der Waals surface area contributed by atoms with Crippen molar-refractivity contribution in [3.05, 3.63) is 12.3 Å². The van der Waals surface area contributed by atoms with Crippen molar-refractivity contribution in [2.45, 2.75) is 26.3 Å². The lowest BCUT2D eigenvalue weighted by atomic mass is 10.1. The molecule has 1 aromatic rings. The van der Waals surface area contributed by atoms with Crippen LogP contribution in [0, 0.1) is 0 Å². The number of nitrogens with zero attached hydrogens (tertiary/aromatic N) is 2. The number of amides is 1. The van der Waals surface area contributed by atoms with Crippen LogP contribution in [0.15, 0.2) is 10.8 Å². The smallest absolute Gasteiger partial charge is 0.309 e. The Balaban J connectivity index is 2.63. The third kappa shape index (κ3) is 2.34. The maximum absolute atomic E-state index is 11.2. The number of rotatable bonds is 1. The molecule has 0 atom stereocenters. The van der Waals surface area contributed by atoms with Gasteiger partial charge in [0, 0.05) is 5.54 Å². The van der Waals surface area contributed by atoms with E-state index in [-0.39, 0.29) is 17.3 Å². The Labute approximate surface area is 70.2 Å². The summed E-state index contributed by atoms with van der Waals surface area (Å²) in [5, 5.41) is 9.55. The third-order valence-corrected chi connectivity index (χ3v) is 1.04. The lowest BCUT2D eigenvalue weighted by Gasteiger charge is -2.18. The quantitative estimate of drug-likeness (QED) is 0.668. The van der Waals surface area contributed by atoms with E-state index in [9.17, 15) is 4.79 Å². The fourth-order valence-corrected chi connectivity index (χ4v) is 0.666. The van der Waals surface area contributed by atoms with E-state index >= 15 is 0 Å². The van der Waals surface area contributed by atoms with Crippen LogP contribution in [0.2, 0.25) is 0 Å². The van der Waals surface area contributed by atoms with Gasteiger partial charge in [0.05, 0.1) is 0 Å². The second kappa shape index (κ2) is 2.92. The molecule has 0 saturated heterocycles. The number of nitrogens with one attached hydrogen (secondary N) is 1. The summed E-state index contributed by atoms with van der Waals surface area (Å²) in [6.45, 7) is 5.63.